The van der Waals surface area contributed by atoms with Crippen LogP contribution in [-0.4, -0.2) is 18.1 Å². The van der Waals surface area contributed by atoms with Crippen LogP contribution in [0.2, 0.25) is 0 Å². The Balaban J connectivity index is 2.91. The number of rotatable bonds is 5. The van der Waals surface area contributed by atoms with Crippen LogP contribution in [0.25, 0.3) is 0 Å². The second-order valence-corrected chi connectivity index (χ2v) is 3.55. The minimum absolute atomic E-state index is 0.788. The standard InChI is InChI=1S/C11H13BrN2/c1-3-8-14(9-4-2)10-6-5-7-13-11(10)12/h3-7H,1-2,8-9H2. The lowest BCUT2D eigenvalue weighted by Gasteiger charge is -2.21. The first-order valence-corrected chi connectivity index (χ1v) is 5.16. The molecule has 1 aromatic rings. The Morgan fingerprint density at radius 2 is 2.00 bits per heavy atom. The summed E-state index contributed by atoms with van der Waals surface area (Å²) in [5.41, 5.74) is 1.06. The maximum atomic E-state index is 4.17. The van der Waals surface area contributed by atoms with Gasteiger partial charge in [0.05, 0.1) is 5.69 Å². The van der Waals surface area contributed by atoms with Gasteiger partial charge in [-0.1, -0.05) is 12.2 Å². The number of anilines is 1. The van der Waals surface area contributed by atoms with Gasteiger partial charge in [0.15, 0.2) is 0 Å². The molecule has 0 saturated heterocycles. The first-order valence-electron chi connectivity index (χ1n) is 4.37. The van der Waals surface area contributed by atoms with Crippen LogP contribution in [0.5, 0.6) is 0 Å². The van der Waals surface area contributed by atoms with Crippen LogP contribution in [0.3, 0.4) is 0 Å². The fraction of sp³-hybridized carbons (Fsp3) is 0.182. The minimum atomic E-state index is 0.788. The lowest BCUT2D eigenvalue weighted by atomic mass is 10.3. The van der Waals surface area contributed by atoms with Crippen molar-refractivity contribution in [2.75, 3.05) is 18.0 Å². The predicted octanol–water partition coefficient (Wildman–Crippen LogP) is 3.02. The van der Waals surface area contributed by atoms with Gasteiger partial charge in [0.25, 0.3) is 0 Å². The third-order valence-electron chi connectivity index (χ3n) is 1.78. The molecule has 2 nitrogen and oxygen atoms in total. The van der Waals surface area contributed by atoms with Gasteiger partial charge < -0.3 is 4.90 Å². The molecule has 0 atom stereocenters. The van der Waals surface area contributed by atoms with E-state index in [0.29, 0.717) is 0 Å². The molecule has 1 heterocycles. The summed E-state index contributed by atoms with van der Waals surface area (Å²) in [5, 5.41) is 0. The lowest BCUT2D eigenvalue weighted by Crippen LogP contribution is -2.23. The highest BCUT2D eigenvalue weighted by Crippen LogP contribution is 2.22. The average Bonchev–Trinajstić information content (AvgIpc) is 2.18. The summed E-state index contributed by atoms with van der Waals surface area (Å²) in [6.45, 7) is 9.03. The highest BCUT2D eigenvalue weighted by atomic mass is 79.9. The second-order valence-electron chi connectivity index (χ2n) is 2.80. The molecule has 1 rings (SSSR count). The van der Waals surface area contributed by atoms with Gasteiger partial charge in [-0.15, -0.1) is 13.2 Å². The lowest BCUT2D eigenvalue weighted by molar-refractivity contribution is 0.944. The maximum Gasteiger partial charge on any atom is 0.129 e. The molecule has 0 aromatic carbocycles. The molecule has 0 saturated carbocycles. The van der Waals surface area contributed by atoms with Crippen molar-refractivity contribution in [2.24, 2.45) is 0 Å². The molecule has 3 heteroatoms. The van der Waals surface area contributed by atoms with Crippen molar-refractivity contribution in [3.05, 3.63) is 48.2 Å². The number of nitrogens with zero attached hydrogens (tertiary/aromatic N) is 2. The number of halogens is 1. The second kappa shape index (κ2) is 5.60. The Bertz CT molecular complexity index is 313. The van der Waals surface area contributed by atoms with Crippen molar-refractivity contribution < 1.29 is 0 Å². The molecule has 0 bridgehead atoms. The van der Waals surface area contributed by atoms with Gasteiger partial charge in [-0.05, 0) is 28.1 Å². The average molecular weight is 253 g/mol. The summed E-state index contributed by atoms with van der Waals surface area (Å²) in [6, 6.07) is 3.93. The zero-order valence-electron chi connectivity index (χ0n) is 7.99. The van der Waals surface area contributed by atoms with Crippen LogP contribution in [0.1, 0.15) is 0 Å². The number of hydrogen-bond donors (Lipinski definition) is 0. The summed E-state index contributed by atoms with van der Waals surface area (Å²) in [7, 11) is 0. The summed E-state index contributed by atoms with van der Waals surface area (Å²) in [4.78, 5) is 6.31. The van der Waals surface area contributed by atoms with Gasteiger partial charge in [-0.2, -0.15) is 0 Å². The first-order chi connectivity index (χ1) is 6.79. The van der Waals surface area contributed by atoms with Crippen LogP contribution in [0.4, 0.5) is 5.69 Å². The van der Waals surface area contributed by atoms with Crippen molar-refractivity contribution in [3.63, 3.8) is 0 Å². The molecule has 0 radical (unpaired) electrons. The van der Waals surface area contributed by atoms with E-state index in [9.17, 15) is 0 Å². The Morgan fingerprint density at radius 3 is 2.50 bits per heavy atom. The fourth-order valence-electron chi connectivity index (χ4n) is 1.20. The third-order valence-corrected chi connectivity index (χ3v) is 2.39. The van der Waals surface area contributed by atoms with Gasteiger partial charge in [-0.3, -0.25) is 0 Å². The molecule has 0 aliphatic heterocycles. The summed E-state index contributed by atoms with van der Waals surface area (Å²) in [5.74, 6) is 0. The van der Waals surface area contributed by atoms with Crippen LogP contribution >= 0.6 is 15.9 Å². The molecule has 0 fully saturated rings. The van der Waals surface area contributed by atoms with E-state index in [1.54, 1.807) is 6.20 Å². The largest absolute Gasteiger partial charge is 0.362 e. The van der Waals surface area contributed by atoms with Crippen molar-refractivity contribution in [3.8, 4) is 0 Å². The van der Waals surface area contributed by atoms with E-state index in [4.69, 9.17) is 0 Å². The number of hydrogen-bond acceptors (Lipinski definition) is 2. The van der Waals surface area contributed by atoms with E-state index in [0.717, 1.165) is 23.4 Å². The quantitative estimate of drug-likeness (QED) is 0.592. The van der Waals surface area contributed by atoms with Crippen LogP contribution in [0, 0.1) is 0 Å². The zero-order chi connectivity index (χ0) is 10.4. The molecule has 14 heavy (non-hydrogen) atoms. The van der Waals surface area contributed by atoms with Crippen molar-refractivity contribution in [1.82, 2.24) is 4.98 Å². The Kier molecular flexibility index (Phi) is 4.40. The SMILES string of the molecule is C=CCN(CC=C)c1cccnc1Br. The van der Waals surface area contributed by atoms with Gasteiger partial charge >= 0.3 is 0 Å². The molecule has 0 aliphatic carbocycles. The normalized spacial score (nSPS) is 9.50. The molecule has 0 N–H and O–H groups in total. The summed E-state index contributed by atoms with van der Waals surface area (Å²) < 4.78 is 0.851. The van der Waals surface area contributed by atoms with Gasteiger partial charge in [0.1, 0.15) is 4.60 Å². The molecular formula is C11H13BrN2. The Labute approximate surface area is 93.1 Å². The Hall–Kier alpha value is -1.09. The topological polar surface area (TPSA) is 16.1 Å². The van der Waals surface area contributed by atoms with Crippen molar-refractivity contribution in [2.45, 2.75) is 0 Å². The third kappa shape index (κ3) is 2.70. The smallest absolute Gasteiger partial charge is 0.129 e. The molecule has 0 spiro atoms. The van der Waals surface area contributed by atoms with Gasteiger partial charge in [0.2, 0.25) is 0 Å². The molecule has 1 aromatic heterocycles. The van der Waals surface area contributed by atoms with E-state index in [2.05, 4.69) is 39.0 Å². The maximum absolute atomic E-state index is 4.17. The highest BCUT2D eigenvalue weighted by molar-refractivity contribution is 9.10. The number of aromatic nitrogens is 1. The van der Waals surface area contributed by atoms with Crippen molar-refractivity contribution >= 4 is 21.6 Å². The van der Waals surface area contributed by atoms with E-state index in [-0.39, 0.29) is 0 Å². The van der Waals surface area contributed by atoms with E-state index in [1.807, 2.05) is 24.3 Å². The fourth-order valence-corrected chi connectivity index (χ4v) is 1.70. The minimum Gasteiger partial charge on any atom is -0.362 e. The van der Waals surface area contributed by atoms with Gasteiger partial charge in [-0.25, -0.2) is 4.98 Å². The summed E-state index contributed by atoms with van der Waals surface area (Å²) in [6.07, 6.45) is 5.49. The number of pyridine rings is 1. The molecule has 0 aliphatic rings. The predicted molar refractivity (Wildman–Crippen MR) is 64.5 cm³/mol. The van der Waals surface area contributed by atoms with E-state index in [1.165, 1.54) is 0 Å². The van der Waals surface area contributed by atoms with Gasteiger partial charge in [0, 0.05) is 19.3 Å². The first kappa shape index (κ1) is 11.0. The highest BCUT2D eigenvalue weighted by Gasteiger charge is 2.06. The van der Waals surface area contributed by atoms with Crippen LogP contribution in [-0.2, 0) is 0 Å². The zero-order valence-corrected chi connectivity index (χ0v) is 9.57. The van der Waals surface area contributed by atoms with Crippen LogP contribution < -0.4 is 4.90 Å². The van der Waals surface area contributed by atoms with Crippen LogP contribution in [0.15, 0.2) is 48.2 Å². The monoisotopic (exact) mass is 252 g/mol. The van der Waals surface area contributed by atoms with E-state index >= 15 is 0 Å². The summed E-state index contributed by atoms with van der Waals surface area (Å²) >= 11 is 3.42. The van der Waals surface area contributed by atoms with Crippen molar-refractivity contribution in [1.29, 1.82) is 0 Å². The Morgan fingerprint density at radius 1 is 1.36 bits per heavy atom. The molecule has 0 amide bonds. The van der Waals surface area contributed by atoms with E-state index < -0.39 is 0 Å². The molecule has 74 valence electrons. The molecular weight excluding hydrogens is 240 g/mol. The molecule has 0 unspecified atom stereocenters.